The van der Waals surface area contributed by atoms with Crippen molar-refractivity contribution in [3.63, 3.8) is 0 Å². The van der Waals surface area contributed by atoms with Gasteiger partial charge >= 0.3 is 0 Å². The number of benzene rings is 1. The molecular weight excluding hydrogens is 332 g/mol. The fraction of sp³-hybridized carbons (Fsp3) is 0.421. The van der Waals surface area contributed by atoms with Gasteiger partial charge in [0.25, 0.3) is 5.91 Å². The summed E-state index contributed by atoms with van der Waals surface area (Å²) in [7, 11) is 2.13. The molecule has 1 unspecified atom stereocenters. The normalized spacial score (nSPS) is 17.0. The van der Waals surface area contributed by atoms with E-state index in [-0.39, 0.29) is 5.91 Å². The van der Waals surface area contributed by atoms with E-state index in [2.05, 4.69) is 23.0 Å². The van der Waals surface area contributed by atoms with Gasteiger partial charge in [0.05, 0.1) is 22.8 Å². The summed E-state index contributed by atoms with van der Waals surface area (Å²) >= 11 is 1.70. The number of likely N-dealkylation sites (tertiary alicyclic amines) is 1. The topological polar surface area (TPSA) is 60.2 Å². The van der Waals surface area contributed by atoms with Gasteiger partial charge in [0.15, 0.2) is 0 Å². The van der Waals surface area contributed by atoms with Crippen molar-refractivity contribution >= 4 is 17.2 Å². The molecule has 1 aromatic carbocycles. The van der Waals surface area contributed by atoms with Crippen molar-refractivity contribution in [3.8, 4) is 6.07 Å². The predicted molar refractivity (Wildman–Crippen MR) is 98.4 cm³/mol. The highest BCUT2D eigenvalue weighted by atomic mass is 32.1. The average molecular weight is 354 g/mol. The van der Waals surface area contributed by atoms with Crippen LogP contribution in [0.25, 0.3) is 0 Å². The van der Waals surface area contributed by atoms with Gasteiger partial charge < -0.3 is 9.80 Å². The third kappa shape index (κ3) is 4.25. The molecule has 25 heavy (non-hydrogen) atoms. The van der Waals surface area contributed by atoms with Gasteiger partial charge in [0, 0.05) is 36.6 Å². The van der Waals surface area contributed by atoms with Gasteiger partial charge in [-0.1, -0.05) is 0 Å². The molecule has 5 nitrogen and oxygen atoms in total. The van der Waals surface area contributed by atoms with E-state index in [1.54, 1.807) is 35.6 Å². The van der Waals surface area contributed by atoms with Crippen LogP contribution in [0.15, 0.2) is 29.8 Å². The molecule has 0 radical (unpaired) electrons. The van der Waals surface area contributed by atoms with Crippen LogP contribution >= 0.6 is 11.3 Å². The van der Waals surface area contributed by atoms with E-state index in [0.29, 0.717) is 17.0 Å². The van der Waals surface area contributed by atoms with Crippen molar-refractivity contribution in [2.75, 3.05) is 26.7 Å². The number of hydrogen-bond donors (Lipinski definition) is 0. The molecule has 1 saturated heterocycles. The summed E-state index contributed by atoms with van der Waals surface area (Å²) < 4.78 is 0. The summed E-state index contributed by atoms with van der Waals surface area (Å²) in [5.74, 6) is 0.563. The summed E-state index contributed by atoms with van der Waals surface area (Å²) in [5.41, 5.74) is 4.25. The number of carbonyl (C=O) groups excluding carboxylic acids is 1. The largest absolute Gasteiger partial charge is 0.338 e. The minimum absolute atomic E-state index is 0.0629. The van der Waals surface area contributed by atoms with Crippen molar-refractivity contribution in [3.05, 3.63) is 51.5 Å². The number of aromatic nitrogens is 1. The Morgan fingerprint density at radius 2 is 2.20 bits per heavy atom. The first-order valence-electron chi connectivity index (χ1n) is 8.43. The number of rotatable bonds is 5. The lowest BCUT2D eigenvalue weighted by Gasteiger charge is -2.21. The molecular formula is C19H22N4OS. The summed E-state index contributed by atoms with van der Waals surface area (Å²) in [6.07, 6.45) is 1.04. The van der Waals surface area contributed by atoms with Gasteiger partial charge in [0.2, 0.25) is 0 Å². The van der Waals surface area contributed by atoms with Gasteiger partial charge in [-0.25, -0.2) is 4.98 Å². The van der Waals surface area contributed by atoms with Crippen LogP contribution in [-0.4, -0.2) is 47.4 Å². The van der Waals surface area contributed by atoms with E-state index in [1.807, 2.05) is 17.3 Å². The van der Waals surface area contributed by atoms with Crippen molar-refractivity contribution in [2.24, 2.45) is 5.92 Å². The van der Waals surface area contributed by atoms with Crippen LogP contribution in [0.3, 0.4) is 0 Å². The van der Waals surface area contributed by atoms with E-state index in [4.69, 9.17) is 5.26 Å². The second kappa shape index (κ2) is 7.77. The number of nitrogens with zero attached hydrogens (tertiary/aromatic N) is 4. The quantitative estimate of drug-likeness (QED) is 0.828. The molecule has 3 rings (SSSR count). The summed E-state index contributed by atoms with van der Waals surface area (Å²) in [4.78, 5) is 22.5. The molecule has 1 aliphatic heterocycles. The number of hydrogen-bond acceptors (Lipinski definition) is 5. The van der Waals surface area contributed by atoms with Gasteiger partial charge in [-0.15, -0.1) is 11.3 Å². The molecule has 0 bridgehead atoms. The average Bonchev–Trinajstić information content (AvgIpc) is 3.24. The number of nitriles is 1. The Kier molecular flexibility index (Phi) is 5.47. The first-order valence-corrected chi connectivity index (χ1v) is 9.31. The molecule has 0 saturated carbocycles. The molecule has 1 fully saturated rings. The molecule has 130 valence electrons. The Bertz CT molecular complexity index is 777. The van der Waals surface area contributed by atoms with Crippen LogP contribution in [0.4, 0.5) is 0 Å². The molecule has 0 aliphatic carbocycles. The maximum absolute atomic E-state index is 12.6. The molecule has 0 N–H and O–H groups in total. The smallest absolute Gasteiger partial charge is 0.253 e. The Morgan fingerprint density at radius 1 is 1.44 bits per heavy atom. The molecule has 2 heterocycles. The maximum atomic E-state index is 12.6. The zero-order valence-electron chi connectivity index (χ0n) is 14.6. The molecule has 6 heteroatoms. The number of carbonyl (C=O) groups is 1. The van der Waals surface area contributed by atoms with Crippen molar-refractivity contribution < 1.29 is 4.79 Å². The minimum atomic E-state index is 0.0629. The second-order valence-electron chi connectivity index (χ2n) is 6.65. The standard InChI is InChI=1S/C19H22N4OS/c1-14-18(25-13-21-14)12-22(2)10-16-7-8-23(11-16)19(24)17-5-3-15(9-20)4-6-17/h3-6,13,16H,7-8,10-12H2,1-2H3. The predicted octanol–water partition coefficient (Wildman–Crippen LogP) is 2.92. The third-order valence-electron chi connectivity index (χ3n) is 4.66. The first kappa shape index (κ1) is 17.6. The zero-order chi connectivity index (χ0) is 17.8. The monoisotopic (exact) mass is 354 g/mol. The van der Waals surface area contributed by atoms with Crippen LogP contribution in [0.5, 0.6) is 0 Å². The third-order valence-corrected chi connectivity index (χ3v) is 5.58. The molecule has 0 spiro atoms. The van der Waals surface area contributed by atoms with E-state index in [0.717, 1.165) is 38.3 Å². The van der Waals surface area contributed by atoms with E-state index in [9.17, 15) is 4.79 Å². The van der Waals surface area contributed by atoms with Crippen molar-refractivity contribution in [1.29, 1.82) is 5.26 Å². The fourth-order valence-corrected chi connectivity index (χ4v) is 4.12. The fourth-order valence-electron chi connectivity index (χ4n) is 3.26. The van der Waals surface area contributed by atoms with Crippen LogP contribution < -0.4 is 0 Å². The number of amides is 1. The van der Waals surface area contributed by atoms with Crippen LogP contribution in [-0.2, 0) is 6.54 Å². The lowest BCUT2D eigenvalue weighted by atomic mass is 10.1. The number of thiazole rings is 1. The summed E-state index contributed by atoms with van der Waals surface area (Å²) in [6, 6.07) is 8.97. The van der Waals surface area contributed by atoms with Gasteiger partial charge in [-0.3, -0.25) is 4.79 Å². The Labute approximate surface area is 152 Å². The summed E-state index contributed by atoms with van der Waals surface area (Å²) in [6.45, 7) is 5.54. The molecule has 1 amide bonds. The van der Waals surface area contributed by atoms with Crippen LogP contribution in [0, 0.1) is 24.2 Å². The van der Waals surface area contributed by atoms with Crippen molar-refractivity contribution in [1.82, 2.24) is 14.8 Å². The van der Waals surface area contributed by atoms with Crippen LogP contribution in [0.1, 0.15) is 32.9 Å². The molecule has 2 aromatic rings. The Balaban J connectivity index is 1.53. The van der Waals surface area contributed by atoms with E-state index >= 15 is 0 Å². The van der Waals surface area contributed by atoms with Gasteiger partial charge in [0.1, 0.15) is 0 Å². The molecule has 1 aromatic heterocycles. The SMILES string of the molecule is Cc1ncsc1CN(C)CC1CCN(C(=O)c2ccc(C#N)cc2)C1. The second-order valence-corrected chi connectivity index (χ2v) is 7.59. The van der Waals surface area contributed by atoms with E-state index in [1.165, 1.54) is 4.88 Å². The van der Waals surface area contributed by atoms with E-state index < -0.39 is 0 Å². The first-order chi connectivity index (χ1) is 12.1. The lowest BCUT2D eigenvalue weighted by Crippen LogP contribution is -2.31. The van der Waals surface area contributed by atoms with Crippen molar-refractivity contribution in [2.45, 2.75) is 19.9 Å². The highest BCUT2D eigenvalue weighted by molar-refractivity contribution is 7.09. The molecule has 1 atom stereocenters. The van der Waals surface area contributed by atoms with Gasteiger partial charge in [-0.2, -0.15) is 5.26 Å². The summed E-state index contributed by atoms with van der Waals surface area (Å²) in [5, 5.41) is 8.85. The zero-order valence-corrected chi connectivity index (χ0v) is 15.4. The highest BCUT2D eigenvalue weighted by Gasteiger charge is 2.27. The Hall–Kier alpha value is -2.23. The number of aryl methyl sites for hydroxylation is 1. The minimum Gasteiger partial charge on any atom is -0.338 e. The van der Waals surface area contributed by atoms with Gasteiger partial charge in [-0.05, 0) is 50.6 Å². The molecule has 1 aliphatic rings. The highest BCUT2D eigenvalue weighted by Crippen LogP contribution is 2.21. The van der Waals surface area contributed by atoms with Crippen LogP contribution in [0.2, 0.25) is 0 Å². The maximum Gasteiger partial charge on any atom is 0.253 e. The Morgan fingerprint density at radius 3 is 2.84 bits per heavy atom. The lowest BCUT2D eigenvalue weighted by molar-refractivity contribution is 0.0784.